The van der Waals surface area contributed by atoms with Gasteiger partial charge in [-0.2, -0.15) is 0 Å². The van der Waals surface area contributed by atoms with Crippen molar-refractivity contribution >= 4 is 21.7 Å². The second-order valence-corrected chi connectivity index (χ2v) is 5.67. The van der Waals surface area contributed by atoms with Crippen LogP contribution in [0, 0.1) is 10.1 Å². The summed E-state index contributed by atoms with van der Waals surface area (Å²) in [5.74, 6) is 0. The number of amides is 2. The molecule has 1 aromatic rings. The van der Waals surface area contributed by atoms with E-state index >= 15 is 0 Å². The molecular formula is C10H13N3O5S. The summed E-state index contributed by atoms with van der Waals surface area (Å²) in [5, 5.41) is 12.8. The van der Waals surface area contributed by atoms with Crippen LogP contribution in [0.2, 0.25) is 0 Å². The van der Waals surface area contributed by atoms with E-state index in [1.807, 2.05) is 0 Å². The molecule has 0 atom stereocenters. The van der Waals surface area contributed by atoms with Gasteiger partial charge in [0.2, 0.25) is 0 Å². The normalized spacial score (nSPS) is 11.1. The Morgan fingerprint density at radius 2 is 1.79 bits per heavy atom. The smallest absolute Gasteiger partial charge is 0.328 e. The van der Waals surface area contributed by atoms with Crippen LogP contribution in [-0.2, 0) is 10.0 Å². The first-order chi connectivity index (χ1) is 8.72. The molecule has 0 aromatic heterocycles. The van der Waals surface area contributed by atoms with E-state index in [9.17, 15) is 23.3 Å². The monoisotopic (exact) mass is 287 g/mol. The van der Waals surface area contributed by atoms with Crippen molar-refractivity contribution in [3.8, 4) is 0 Å². The fourth-order valence-electron chi connectivity index (χ4n) is 1.22. The molecule has 19 heavy (non-hydrogen) atoms. The van der Waals surface area contributed by atoms with Gasteiger partial charge in [-0.1, -0.05) is 0 Å². The van der Waals surface area contributed by atoms with Crippen molar-refractivity contribution < 1.29 is 18.1 Å². The lowest BCUT2D eigenvalue weighted by Gasteiger charge is -2.10. The Bertz CT molecular complexity index is 580. The number of nitro benzene ring substituents is 1. The van der Waals surface area contributed by atoms with Crippen molar-refractivity contribution in [3.05, 3.63) is 34.4 Å². The average Bonchev–Trinajstić information content (AvgIpc) is 2.27. The molecule has 0 radical (unpaired) electrons. The average molecular weight is 287 g/mol. The zero-order chi connectivity index (χ0) is 14.6. The number of hydrogen-bond donors (Lipinski definition) is 2. The number of nitrogens with one attached hydrogen (secondary N) is 2. The summed E-state index contributed by atoms with van der Waals surface area (Å²) in [5.41, 5.74) is -0.231. The topological polar surface area (TPSA) is 118 Å². The molecule has 0 unspecified atom stereocenters. The van der Waals surface area contributed by atoms with Crippen LogP contribution in [0.25, 0.3) is 0 Å². The second kappa shape index (κ2) is 5.65. The van der Waals surface area contributed by atoms with Gasteiger partial charge in [0.25, 0.3) is 15.7 Å². The fraction of sp³-hybridized carbons (Fsp3) is 0.300. The lowest BCUT2D eigenvalue weighted by Crippen LogP contribution is -2.42. The van der Waals surface area contributed by atoms with Crippen LogP contribution in [0.3, 0.4) is 0 Å². The minimum absolute atomic E-state index is 0.216. The molecule has 2 N–H and O–H groups in total. The first-order valence-electron chi connectivity index (χ1n) is 5.30. The molecule has 2 amide bonds. The Balaban J connectivity index is 2.88. The number of sulfonamides is 1. The van der Waals surface area contributed by atoms with Gasteiger partial charge in [0, 0.05) is 18.2 Å². The van der Waals surface area contributed by atoms with Crippen LogP contribution in [0.4, 0.5) is 10.5 Å². The van der Waals surface area contributed by atoms with E-state index in [0.29, 0.717) is 0 Å². The number of carbonyl (C=O) groups is 1. The highest BCUT2D eigenvalue weighted by molar-refractivity contribution is 7.90. The van der Waals surface area contributed by atoms with E-state index in [4.69, 9.17) is 0 Å². The van der Waals surface area contributed by atoms with Crippen LogP contribution < -0.4 is 10.0 Å². The highest BCUT2D eigenvalue weighted by Gasteiger charge is 2.18. The Morgan fingerprint density at radius 1 is 1.26 bits per heavy atom. The lowest BCUT2D eigenvalue weighted by molar-refractivity contribution is -0.384. The Hall–Kier alpha value is -2.16. The minimum atomic E-state index is -4.03. The summed E-state index contributed by atoms with van der Waals surface area (Å²) >= 11 is 0. The molecule has 0 saturated carbocycles. The van der Waals surface area contributed by atoms with Gasteiger partial charge in [-0.15, -0.1) is 0 Å². The molecule has 0 aliphatic heterocycles. The fourth-order valence-corrected chi connectivity index (χ4v) is 2.13. The molecule has 0 aliphatic carbocycles. The molecule has 0 fully saturated rings. The Morgan fingerprint density at radius 3 is 2.21 bits per heavy atom. The zero-order valence-corrected chi connectivity index (χ0v) is 11.1. The maximum absolute atomic E-state index is 11.8. The van der Waals surface area contributed by atoms with Gasteiger partial charge in [0.05, 0.1) is 9.82 Å². The van der Waals surface area contributed by atoms with Crippen LogP contribution >= 0.6 is 0 Å². The summed E-state index contributed by atoms with van der Waals surface area (Å²) < 4.78 is 25.3. The van der Waals surface area contributed by atoms with Crippen LogP contribution in [0.1, 0.15) is 13.8 Å². The summed E-state index contributed by atoms with van der Waals surface area (Å²) in [7, 11) is -4.03. The zero-order valence-electron chi connectivity index (χ0n) is 10.3. The van der Waals surface area contributed by atoms with Crippen molar-refractivity contribution in [2.24, 2.45) is 0 Å². The second-order valence-electron chi connectivity index (χ2n) is 3.98. The van der Waals surface area contributed by atoms with Gasteiger partial charge in [0.15, 0.2) is 0 Å². The highest BCUT2D eigenvalue weighted by Crippen LogP contribution is 2.15. The molecular weight excluding hydrogens is 274 g/mol. The van der Waals surface area contributed by atoms with E-state index in [2.05, 4.69) is 5.32 Å². The summed E-state index contributed by atoms with van der Waals surface area (Å²) in [6.45, 7) is 3.36. The standard InChI is InChI=1S/C10H13N3O5S/c1-7(2)11-10(14)12-19(17,18)9-5-3-8(4-6-9)13(15)16/h3-7H,1-2H3,(H2,11,12,14). The van der Waals surface area contributed by atoms with Crippen LogP contribution in [0.15, 0.2) is 29.2 Å². The molecule has 8 nitrogen and oxygen atoms in total. The molecule has 0 saturated heterocycles. The number of hydrogen-bond acceptors (Lipinski definition) is 5. The van der Waals surface area contributed by atoms with Gasteiger partial charge in [0.1, 0.15) is 0 Å². The Labute approximate surface area is 110 Å². The summed E-state index contributed by atoms with van der Waals surface area (Å²) in [6.07, 6.45) is 0. The van der Waals surface area contributed by atoms with Crippen LogP contribution in [-0.4, -0.2) is 25.4 Å². The molecule has 1 rings (SSSR count). The summed E-state index contributed by atoms with van der Waals surface area (Å²) in [4.78, 5) is 20.9. The number of nitrogens with zero attached hydrogens (tertiary/aromatic N) is 1. The number of nitro groups is 1. The number of non-ortho nitro benzene ring substituents is 1. The lowest BCUT2D eigenvalue weighted by atomic mass is 10.3. The van der Waals surface area contributed by atoms with E-state index in [0.717, 1.165) is 24.3 Å². The van der Waals surface area contributed by atoms with Crippen molar-refractivity contribution in [3.63, 3.8) is 0 Å². The molecule has 104 valence electrons. The number of rotatable bonds is 4. The maximum Gasteiger partial charge on any atom is 0.328 e. The third-order valence-corrected chi connectivity index (χ3v) is 3.35. The van der Waals surface area contributed by atoms with E-state index in [1.54, 1.807) is 18.6 Å². The maximum atomic E-state index is 11.8. The SMILES string of the molecule is CC(C)NC(=O)NS(=O)(=O)c1ccc([N+](=O)[O-])cc1. The van der Waals surface area contributed by atoms with Gasteiger partial charge in [-0.05, 0) is 26.0 Å². The number of carbonyl (C=O) groups excluding carboxylic acids is 1. The first-order valence-corrected chi connectivity index (χ1v) is 6.78. The van der Waals surface area contributed by atoms with E-state index in [-0.39, 0.29) is 16.6 Å². The van der Waals surface area contributed by atoms with E-state index in [1.165, 1.54) is 0 Å². The van der Waals surface area contributed by atoms with Crippen molar-refractivity contribution in [2.75, 3.05) is 0 Å². The Kier molecular flexibility index (Phi) is 4.43. The van der Waals surface area contributed by atoms with Crippen molar-refractivity contribution in [1.29, 1.82) is 0 Å². The molecule has 0 aliphatic rings. The first kappa shape index (κ1) is 14.9. The quantitative estimate of drug-likeness (QED) is 0.632. The molecule has 0 bridgehead atoms. The molecule has 1 aromatic carbocycles. The van der Waals surface area contributed by atoms with Crippen molar-refractivity contribution in [1.82, 2.24) is 10.0 Å². The van der Waals surface area contributed by atoms with E-state index < -0.39 is 21.0 Å². The third kappa shape index (κ3) is 4.21. The number of benzene rings is 1. The largest absolute Gasteiger partial charge is 0.335 e. The predicted molar refractivity (Wildman–Crippen MR) is 67.1 cm³/mol. The molecule has 9 heteroatoms. The molecule has 0 spiro atoms. The van der Waals surface area contributed by atoms with Gasteiger partial charge < -0.3 is 5.32 Å². The predicted octanol–water partition coefficient (Wildman–Crippen LogP) is 0.991. The van der Waals surface area contributed by atoms with Crippen LogP contribution in [0.5, 0.6) is 0 Å². The van der Waals surface area contributed by atoms with Crippen molar-refractivity contribution in [2.45, 2.75) is 24.8 Å². The summed E-state index contributed by atoms with van der Waals surface area (Å²) in [6, 6.07) is 3.15. The highest BCUT2D eigenvalue weighted by atomic mass is 32.2. The van der Waals surface area contributed by atoms with Gasteiger partial charge >= 0.3 is 6.03 Å². The van der Waals surface area contributed by atoms with Gasteiger partial charge in [-0.3, -0.25) is 10.1 Å². The number of urea groups is 1. The van der Waals surface area contributed by atoms with Gasteiger partial charge in [-0.25, -0.2) is 17.9 Å². The minimum Gasteiger partial charge on any atom is -0.335 e. The molecule has 0 heterocycles. The third-order valence-electron chi connectivity index (χ3n) is 2.00.